The molecule has 3 aliphatic carbocycles. The Kier molecular flexibility index (Phi) is 6.84. The maximum Gasteiger partial charge on any atom is 0.225 e. The smallest absolute Gasteiger partial charge is 0.225 e. The summed E-state index contributed by atoms with van der Waals surface area (Å²) in [6.07, 6.45) is 5.80. The van der Waals surface area contributed by atoms with Crippen LogP contribution < -0.4 is 10.6 Å². The number of carbonyl (C=O) groups excluding carboxylic acids is 1. The number of hydrogen-bond donors (Lipinski definition) is 4. The fourth-order valence-corrected chi connectivity index (χ4v) is 6.70. The molecule has 0 unspecified atom stereocenters. The van der Waals surface area contributed by atoms with Crippen molar-refractivity contribution in [3.8, 4) is 10.6 Å². The highest BCUT2D eigenvalue weighted by molar-refractivity contribution is 7.21. The zero-order chi connectivity index (χ0) is 27.5. The molecule has 3 aromatic rings. The zero-order valence-electron chi connectivity index (χ0n) is 23.1. The van der Waals surface area contributed by atoms with Crippen LogP contribution in [0.5, 0.6) is 0 Å². The van der Waals surface area contributed by atoms with Gasteiger partial charge >= 0.3 is 0 Å². The van der Waals surface area contributed by atoms with Crippen molar-refractivity contribution < 1.29 is 15.0 Å². The number of Topliss-reactive ketones (excluding diaryl/α,β-unsaturated/α-hetero) is 1. The van der Waals surface area contributed by atoms with Gasteiger partial charge in [0.25, 0.3) is 0 Å². The van der Waals surface area contributed by atoms with E-state index in [1.165, 1.54) is 0 Å². The van der Waals surface area contributed by atoms with Crippen LogP contribution >= 0.6 is 11.3 Å². The number of aliphatic hydroxyl groups excluding tert-OH is 2. The number of thiazole rings is 1. The molecule has 0 spiro atoms. The number of rotatable bonds is 9. The van der Waals surface area contributed by atoms with Crippen molar-refractivity contribution in [2.45, 2.75) is 102 Å². The van der Waals surface area contributed by atoms with Crippen LogP contribution in [0.15, 0.2) is 12.3 Å². The van der Waals surface area contributed by atoms with Gasteiger partial charge in [0.2, 0.25) is 5.95 Å². The summed E-state index contributed by atoms with van der Waals surface area (Å²) in [5.74, 6) is 1.94. The second kappa shape index (κ2) is 10.1. The van der Waals surface area contributed by atoms with Crippen LogP contribution in [-0.4, -0.2) is 59.7 Å². The lowest BCUT2D eigenvalue weighted by molar-refractivity contribution is -0.121. The van der Waals surface area contributed by atoms with Gasteiger partial charge in [-0.2, -0.15) is 4.98 Å². The van der Waals surface area contributed by atoms with Crippen LogP contribution in [0.1, 0.15) is 83.0 Å². The van der Waals surface area contributed by atoms with E-state index in [9.17, 15) is 15.0 Å². The van der Waals surface area contributed by atoms with E-state index in [2.05, 4.69) is 15.6 Å². The first kappa shape index (κ1) is 26.5. The average molecular weight is 551 g/mol. The predicted molar refractivity (Wildman–Crippen MR) is 153 cm³/mol. The van der Waals surface area contributed by atoms with E-state index >= 15 is 0 Å². The van der Waals surface area contributed by atoms with E-state index in [0.717, 1.165) is 57.9 Å². The molecule has 0 saturated heterocycles. The summed E-state index contributed by atoms with van der Waals surface area (Å²) in [6.45, 7) is 8.09. The quantitative estimate of drug-likeness (QED) is 0.296. The fraction of sp³-hybridized carbons (Fsp3) is 0.621. The predicted octanol–water partition coefficient (Wildman–Crippen LogP) is 4.83. The van der Waals surface area contributed by atoms with E-state index in [4.69, 9.17) is 15.0 Å². The lowest BCUT2D eigenvalue weighted by Crippen LogP contribution is -2.36. The van der Waals surface area contributed by atoms with Gasteiger partial charge in [-0.15, -0.1) is 11.3 Å². The van der Waals surface area contributed by atoms with Gasteiger partial charge in [0.1, 0.15) is 28.2 Å². The number of hydrogen-bond acceptors (Lipinski definition) is 10. The summed E-state index contributed by atoms with van der Waals surface area (Å²) in [5.41, 5.74) is 3.30. The summed E-state index contributed by atoms with van der Waals surface area (Å²) in [5, 5.41) is 29.4. The first-order chi connectivity index (χ1) is 18.6. The van der Waals surface area contributed by atoms with Crippen LogP contribution in [0, 0.1) is 18.8 Å². The van der Waals surface area contributed by atoms with Crippen LogP contribution in [0.3, 0.4) is 0 Å². The second-order valence-corrected chi connectivity index (χ2v) is 13.7. The fourth-order valence-electron chi connectivity index (χ4n) is 5.63. The number of ketones is 1. The van der Waals surface area contributed by atoms with Crippen LogP contribution in [-0.2, 0) is 4.79 Å². The van der Waals surface area contributed by atoms with Gasteiger partial charge in [0.05, 0.1) is 33.8 Å². The van der Waals surface area contributed by atoms with Crippen molar-refractivity contribution in [2.75, 3.05) is 10.6 Å². The van der Waals surface area contributed by atoms with E-state index in [-0.39, 0.29) is 17.2 Å². The van der Waals surface area contributed by atoms with Crippen molar-refractivity contribution in [2.24, 2.45) is 11.8 Å². The number of pyridine rings is 1. The molecule has 6 rings (SSSR count). The average Bonchev–Trinajstić information content (AvgIpc) is 3.78. The largest absolute Gasteiger partial charge is 0.390 e. The van der Waals surface area contributed by atoms with Gasteiger partial charge < -0.3 is 20.8 Å². The topological polar surface area (TPSA) is 133 Å². The Bertz CT molecular complexity index is 1390. The Balaban J connectivity index is 1.33. The molecule has 0 amide bonds. The van der Waals surface area contributed by atoms with Gasteiger partial charge in [-0.25, -0.2) is 9.97 Å². The van der Waals surface area contributed by atoms with E-state index < -0.39 is 18.2 Å². The number of aryl methyl sites for hydroxylation is 1. The molecule has 0 aliphatic heterocycles. The first-order valence-corrected chi connectivity index (χ1v) is 14.9. The molecule has 4 atom stereocenters. The molecule has 39 heavy (non-hydrogen) atoms. The normalized spacial score (nSPS) is 25.3. The number of nitrogens with zero attached hydrogens (tertiary/aromatic N) is 4. The monoisotopic (exact) mass is 550 g/mol. The Labute approximate surface area is 232 Å². The van der Waals surface area contributed by atoms with E-state index in [0.29, 0.717) is 42.9 Å². The Morgan fingerprint density at radius 2 is 1.85 bits per heavy atom. The molecule has 3 heterocycles. The lowest BCUT2D eigenvalue weighted by atomic mass is 9.96. The highest BCUT2D eigenvalue weighted by atomic mass is 32.1. The van der Waals surface area contributed by atoms with Gasteiger partial charge in [-0.3, -0.25) is 9.78 Å². The number of aromatic nitrogens is 4. The van der Waals surface area contributed by atoms with E-state index in [1.807, 2.05) is 40.0 Å². The molecule has 3 saturated carbocycles. The summed E-state index contributed by atoms with van der Waals surface area (Å²) in [7, 11) is 0. The highest BCUT2D eigenvalue weighted by Gasteiger charge is 2.43. The standard InChI is InChI=1S/C29H38N6O3S/c1-14-21(27-33-23-20(39-27)9-10-30-22(23)16-7-8-16)26(34-28(31-14)35-29(2,3)4)32-19-13-17(24(37)25(19)38)12-18(36)11-15-5-6-15/h9-10,15-17,19,24-25,37-38H,5-8,11-13H2,1-4H3,(H2,31,32,34,35)/t17-,19+,24+,25-/m0/s1. The molecule has 9 nitrogen and oxygen atoms in total. The number of anilines is 2. The van der Waals surface area contributed by atoms with Gasteiger partial charge in [-0.1, -0.05) is 0 Å². The molecule has 4 N–H and O–H groups in total. The summed E-state index contributed by atoms with van der Waals surface area (Å²) in [4.78, 5) is 31.8. The Morgan fingerprint density at radius 1 is 1.08 bits per heavy atom. The Hall–Kier alpha value is -2.69. The van der Waals surface area contributed by atoms with Gasteiger partial charge in [0.15, 0.2) is 0 Å². The number of fused-ring (bicyclic) bond motifs is 1. The Morgan fingerprint density at radius 3 is 2.54 bits per heavy atom. The van der Waals surface area contributed by atoms with Crippen molar-refractivity contribution in [3.05, 3.63) is 23.7 Å². The first-order valence-electron chi connectivity index (χ1n) is 14.1. The molecule has 10 heteroatoms. The van der Waals surface area contributed by atoms with Crippen molar-refractivity contribution in [3.63, 3.8) is 0 Å². The second-order valence-electron chi connectivity index (χ2n) is 12.7. The molecular formula is C29H38N6O3S. The van der Waals surface area contributed by atoms with E-state index in [1.54, 1.807) is 11.3 Å². The molecule has 3 fully saturated rings. The molecule has 208 valence electrons. The summed E-state index contributed by atoms with van der Waals surface area (Å²) >= 11 is 1.59. The lowest BCUT2D eigenvalue weighted by Gasteiger charge is -2.24. The minimum atomic E-state index is -1.01. The third kappa shape index (κ3) is 5.78. The summed E-state index contributed by atoms with van der Waals surface area (Å²) < 4.78 is 1.08. The third-order valence-electron chi connectivity index (χ3n) is 7.92. The molecule has 3 aromatic heterocycles. The van der Waals surface area contributed by atoms with Crippen LogP contribution in [0.4, 0.5) is 11.8 Å². The maximum absolute atomic E-state index is 12.5. The molecule has 0 radical (unpaired) electrons. The van der Waals surface area contributed by atoms with Crippen LogP contribution in [0.2, 0.25) is 0 Å². The third-order valence-corrected chi connectivity index (χ3v) is 8.96. The van der Waals surface area contributed by atoms with Crippen molar-refractivity contribution in [1.29, 1.82) is 0 Å². The highest BCUT2D eigenvalue weighted by Crippen LogP contribution is 2.45. The minimum Gasteiger partial charge on any atom is -0.390 e. The summed E-state index contributed by atoms with van der Waals surface area (Å²) in [6, 6.07) is 1.55. The number of aliphatic hydroxyl groups is 2. The minimum absolute atomic E-state index is 0.180. The molecule has 3 aliphatic rings. The molecular weight excluding hydrogens is 512 g/mol. The SMILES string of the molecule is Cc1nc(NC(C)(C)C)nc(N[C@@H]2C[C@H](CC(=O)CC3CC3)[C@@H](O)[C@H]2O)c1-c1nc2c(C3CC3)nccc2s1. The van der Waals surface area contributed by atoms with Crippen LogP contribution in [0.25, 0.3) is 20.8 Å². The van der Waals surface area contributed by atoms with Crippen molar-refractivity contribution >= 4 is 39.1 Å². The molecule has 0 aromatic carbocycles. The zero-order valence-corrected chi connectivity index (χ0v) is 23.9. The van der Waals surface area contributed by atoms with Crippen molar-refractivity contribution in [1.82, 2.24) is 19.9 Å². The van der Waals surface area contributed by atoms with Gasteiger partial charge in [-0.05, 0) is 77.7 Å². The maximum atomic E-state index is 12.5. The molecule has 0 bridgehead atoms. The number of carbonyl (C=O) groups is 1. The number of nitrogens with one attached hydrogen (secondary N) is 2. The van der Waals surface area contributed by atoms with Gasteiger partial charge in [0, 0.05) is 30.5 Å².